The normalized spacial score (nSPS) is 23.9. The molecule has 94 valence electrons. The molecule has 1 saturated heterocycles. The van der Waals surface area contributed by atoms with Crippen LogP contribution in [0.1, 0.15) is 25.7 Å². The number of hydrogen-bond donors (Lipinski definition) is 2. The van der Waals surface area contributed by atoms with Gasteiger partial charge in [0, 0.05) is 12.5 Å². The lowest BCUT2D eigenvalue weighted by atomic mass is 10.2. The summed E-state index contributed by atoms with van der Waals surface area (Å²) in [6.07, 6.45) is 2.67. The molecule has 0 radical (unpaired) electrons. The van der Waals surface area contributed by atoms with Crippen LogP contribution in [0.15, 0.2) is 0 Å². The highest BCUT2D eigenvalue weighted by atomic mass is 32.2. The number of rotatable bonds is 5. The van der Waals surface area contributed by atoms with E-state index in [0.717, 1.165) is 19.4 Å². The third kappa shape index (κ3) is 4.94. The van der Waals surface area contributed by atoms with Gasteiger partial charge in [-0.2, -0.15) is 0 Å². The van der Waals surface area contributed by atoms with Gasteiger partial charge in [-0.3, -0.25) is 4.79 Å². The minimum Gasteiger partial charge on any atom is -0.352 e. The van der Waals surface area contributed by atoms with Gasteiger partial charge in [-0.25, -0.2) is 8.42 Å². The summed E-state index contributed by atoms with van der Waals surface area (Å²) < 4.78 is 22.7. The lowest BCUT2D eigenvalue weighted by Crippen LogP contribution is -2.43. The average Bonchev–Trinajstić information content (AvgIpc) is 2.16. The zero-order chi connectivity index (χ0) is 12.0. The number of carbonyl (C=O) groups excluding carboxylic acids is 1. The Hall–Kier alpha value is -0.620. The zero-order valence-electron chi connectivity index (χ0n) is 9.66. The molecule has 0 aromatic carbocycles. The first-order valence-electron chi connectivity index (χ1n) is 5.68. The third-order valence-electron chi connectivity index (χ3n) is 2.66. The van der Waals surface area contributed by atoms with Crippen LogP contribution in [0.25, 0.3) is 0 Å². The van der Waals surface area contributed by atoms with Crippen molar-refractivity contribution >= 4 is 15.7 Å². The molecule has 0 aromatic heterocycles. The van der Waals surface area contributed by atoms with Gasteiger partial charge in [0.15, 0.2) is 9.84 Å². The third-order valence-corrected chi connectivity index (χ3v) is 4.48. The molecule has 0 aliphatic carbocycles. The van der Waals surface area contributed by atoms with E-state index in [4.69, 9.17) is 0 Å². The molecule has 2 N–H and O–H groups in total. The molecule has 5 nitrogen and oxygen atoms in total. The van der Waals surface area contributed by atoms with Gasteiger partial charge in [0.2, 0.25) is 5.91 Å². The predicted molar refractivity (Wildman–Crippen MR) is 63.0 cm³/mol. The molecule has 0 spiro atoms. The van der Waals surface area contributed by atoms with Gasteiger partial charge < -0.3 is 10.6 Å². The first-order valence-corrected chi connectivity index (χ1v) is 7.50. The highest BCUT2D eigenvalue weighted by Gasteiger charge is 2.25. The van der Waals surface area contributed by atoms with E-state index in [1.165, 1.54) is 0 Å². The molecule has 1 rings (SSSR count). The molecule has 1 unspecified atom stereocenters. The highest BCUT2D eigenvalue weighted by molar-refractivity contribution is 7.91. The van der Waals surface area contributed by atoms with Crippen molar-refractivity contribution < 1.29 is 13.2 Å². The van der Waals surface area contributed by atoms with Crippen LogP contribution in [0.2, 0.25) is 0 Å². The zero-order valence-corrected chi connectivity index (χ0v) is 10.5. The number of carbonyl (C=O) groups is 1. The topological polar surface area (TPSA) is 75.3 Å². The number of amides is 1. The van der Waals surface area contributed by atoms with E-state index in [-0.39, 0.29) is 23.5 Å². The van der Waals surface area contributed by atoms with E-state index in [1.54, 1.807) is 0 Å². The molecule has 0 bridgehead atoms. The maximum absolute atomic E-state index is 11.5. The fraction of sp³-hybridized carbons (Fsp3) is 0.900. The Kier molecular flexibility index (Phi) is 5.21. The molecule has 16 heavy (non-hydrogen) atoms. The van der Waals surface area contributed by atoms with Gasteiger partial charge in [-0.1, -0.05) is 0 Å². The molecule has 6 heteroatoms. The van der Waals surface area contributed by atoms with Crippen LogP contribution in [0.4, 0.5) is 0 Å². The molecular formula is C10H20N2O3S. The van der Waals surface area contributed by atoms with Gasteiger partial charge in [0.1, 0.15) is 0 Å². The lowest BCUT2D eigenvalue weighted by molar-refractivity contribution is -0.121. The Morgan fingerprint density at radius 1 is 1.44 bits per heavy atom. The Labute approximate surface area is 96.9 Å². The molecule has 1 amide bonds. The van der Waals surface area contributed by atoms with Crippen LogP contribution in [0, 0.1) is 0 Å². The van der Waals surface area contributed by atoms with E-state index in [0.29, 0.717) is 12.8 Å². The smallest absolute Gasteiger partial charge is 0.220 e. The first-order chi connectivity index (χ1) is 7.53. The van der Waals surface area contributed by atoms with E-state index in [2.05, 4.69) is 10.6 Å². The van der Waals surface area contributed by atoms with Crippen LogP contribution in [-0.2, 0) is 14.6 Å². The van der Waals surface area contributed by atoms with Gasteiger partial charge >= 0.3 is 0 Å². The maximum Gasteiger partial charge on any atom is 0.220 e. The van der Waals surface area contributed by atoms with Crippen molar-refractivity contribution in [1.29, 1.82) is 0 Å². The van der Waals surface area contributed by atoms with E-state index in [1.807, 2.05) is 7.05 Å². The van der Waals surface area contributed by atoms with Crippen molar-refractivity contribution in [3.8, 4) is 0 Å². The summed E-state index contributed by atoms with van der Waals surface area (Å²) in [7, 11) is -1.09. The molecular weight excluding hydrogens is 228 g/mol. The molecule has 1 aliphatic heterocycles. The van der Waals surface area contributed by atoms with Gasteiger partial charge in [0.05, 0.1) is 11.5 Å². The Morgan fingerprint density at radius 3 is 2.81 bits per heavy atom. The first kappa shape index (κ1) is 13.4. The van der Waals surface area contributed by atoms with Gasteiger partial charge in [0.25, 0.3) is 0 Å². The predicted octanol–water partition coefficient (Wildman–Crippen LogP) is -0.321. The summed E-state index contributed by atoms with van der Waals surface area (Å²) in [6.45, 7) is 0.802. The van der Waals surface area contributed by atoms with Crippen molar-refractivity contribution in [2.24, 2.45) is 0 Å². The van der Waals surface area contributed by atoms with Crippen LogP contribution in [0.3, 0.4) is 0 Å². The molecule has 0 saturated carbocycles. The molecule has 1 fully saturated rings. The van der Waals surface area contributed by atoms with E-state index >= 15 is 0 Å². The van der Waals surface area contributed by atoms with Crippen LogP contribution in [0.5, 0.6) is 0 Å². The molecule has 1 heterocycles. The second-order valence-corrected chi connectivity index (χ2v) is 6.46. The summed E-state index contributed by atoms with van der Waals surface area (Å²) in [5.74, 6) is 0.321. The van der Waals surface area contributed by atoms with Crippen molar-refractivity contribution in [2.75, 3.05) is 25.1 Å². The van der Waals surface area contributed by atoms with Crippen molar-refractivity contribution in [3.63, 3.8) is 0 Å². The van der Waals surface area contributed by atoms with Crippen molar-refractivity contribution in [2.45, 2.75) is 31.7 Å². The fourth-order valence-corrected chi connectivity index (χ4v) is 3.50. The maximum atomic E-state index is 11.5. The second-order valence-electron chi connectivity index (χ2n) is 4.23. The Morgan fingerprint density at radius 2 is 2.19 bits per heavy atom. The van der Waals surface area contributed by atoms with Crippen molar-refractivity contribution in [1.82, 2.24) is 10.6 Å². The monoisotopic (exact) mass is 248 g/mol. The summed E-state index contributed by atoms with van der Waals surface area (Å²) >= 11 is 0. The summed E-state index contributed by atoms with van der Waals surface area (Å²) in [5, 5.41) is 5.75. The van der Waals surface area contributed by atoms with Gasteiger partial charge in [-0.15, -0.1) is 0 Å². The number of hydrogen-bond acceptors (Lipinski definition) is 4. The minimum absolute atomic E-state index is 0.0441. The number of nitrogens with one attached hydrogen (secondary N) is 2. The van der Waals surface area contributed by atoms with E-state index in [9.17, 15) is 13.2 Å². The van der Waals surface area contributed by atoms with Gasteiger partial charge in [-0.05, 0) is 32.9 Å². The molecule has 1 aliphatic rings. The van der Waals surface area contributed by atoms with Crippen molar-refractivity contribution in [3.05, 3.63) is 0 Å². The van der Waals surface area contributed by atoms with Crippen LogP contribution < -0.4 is 10.6 Å². The quantitative estimate of drug-likeness (QED) is 0.654. The number of sulfone groups is 1. The minimum atomic E-state index is -2.93. The van der Waals surface area contributed by atoms with Crippen LogP contribution >= 0.6 is 0 Å². The standard InChI is InChI=1S/C10H20N2O3S/c1-11-6-2-5-10(13)12-9-4-3-7-16(14,15)8-9/h9,11H,2-8H2,1H3,(H,12,13). The fourth-order valence-electron chi connectivity index (χ4n) is 1.86. The van der Waals surface area contributed by atoms with E-state index < -0.39 is 9.84 Å². The average molecular weight is 248 g/mol. The second kappa shape index (κ2) is 6.20. The highest BCUT2D eigenvalue weighted by Crippen LogP contribution is 2.12. The lowest BCUT2D eigenvalue weighted by Gasteiger charge is -2.22. The molecule has 0 aromatic rings. The SMILES string of the molecule is CNCCCC(=O)NC1CCCS(=O)(=O)C1. The summed E-state index contributed by atoms with van der Waals surface area (Å²) in [5.41, 5.74) is 0. The van der Waals surface area contributed by atoms with Crippen LogP contribution in [-0.4, -0.2) is 45.5 Å². The Balaban J connectivity index is 2.28. The molecule has 1 atom stereocenters. The largest absolute Gasteiger partial charge is 0.352 e. The Bertz CT molecular complexity index is 327. The summed E-state index contributed by atoms with van der Waals surface area (Å²) in [4.78, 5) is 11.5. The summed E-state index contributed by atoms with van der Waals surface area (Å²) in [6, 6.07) is -0.180.